The second kappa shape index (κ2) is 4.45. The van der Waals surface area contributed by atoms with Crippen molar-refractivity contribution in [3.05, 3.63) is 0 Å². The second-order valence-electron chi connectivity index (χ2n) is 6.67. The predicted octanol–water partition coefficient (Wildman–Crippen LogP) is 3.69. The molecule has 0 amide bonds. The Kier molecular flexibility index (Phi) is 3.39. The minimum atomic E-state index is 0.380. The molecule has 15 heavy (non-hydrogen) atoms. The molecular formula is C14H27N. The highest BCUT2D eigenvalue weighted by molar-refractivity contribution is 4.85. The molecule has 2 bridgehead atoms. The molecule has 1 saturated carbocycles. The fourth-order valence-corrected chi connectivity index (χ4v) is 3.29. The van der Waals surface area contributed by atoms with Crippen LogP contribution in [0.4, 0.5) is 0 Å². The number of rotatable bonds is 0. The normalized spacial score (nSPS) is 34.6. The number of fused-ring (bicyclic) bond motifs is 6. The molecule has 2 saturated heterocycles. The Morgan fingerprint density at radius 3 is 1.53 bits per heavy atom. The zero-order valence-corrected chi connectivity index (χ0v) is 10.8. The van der Waals surface area contributed by atoms with Crippen LogP contribution in [-0.4, -0.2) is 23.5 Å². The topological polar surface area (TPSA) is 3.24 Å². The monoisotopic (exact) mass is 209 g/mol. The lowest BCUT2D eigenvalue weighted by molar-refractivity contribution is 0.0568. The lowest BCUT2D eigenvalue weighted by atomic mass is 9.81. The van der Waals surface area contributed by atoms with Crippen molar-refractivity contribution in [2.75, 3.05) is 13.1 Å². The van der Waals surface area contributed by atoms with Crippen molar-refractivity contribution in [3.8, 4) is 0 Å². The molecule has 88 valence electrons. The maximum absolute atomic E-state index is 2.75. The van der Waals surface area contributed by atoms with E-state index in [2.05, 4.69) is 25.7 Å². The SMILES string of the molecule is CC(C)(C)N1CC2CCCC(CCC2)C1. The van der Waals surface area contributed by atoms with Crippen molar-refractivity contribution < 1.29 is 0 Å². The Bertz CT molecular complexity index is 180. The van der Waals surface area contributed by atoms with Crippen LogP contribution in [0, 0.1) is 11.8 Å². The third-order valence-electron chi connectivity index (χ3n) is 4.36. The fourth-order valence-electron chi connectivity index (χ4n) is 3.29. The van der Waals surface area contributed by atoms with Gasteiger partial charge in [0.25, 0.3) is 0 Å². The fraction of sp³-hybridized carbons (Fsp3) is 1.00. The van der Waals surface area contributed by atoms with Gasteiger partial charge in [0.1, 0.15) is 0 Å². The van der Waals surface area contributed by atoms with Gasteiger partial charge in [-0.15, -0.1) is 0 Å². The maximum atomic E-state index is 2.75. The first-order valence-electron chi connectivity index (χ1n) is 6.81. The molecule has 2 heterocycles. The van der Waals surface area contributed by atoms with Gasteiger partial charge in [-0.05, 0) is 58.3 Å². The number of hydrogen-bond donors (Lipinski definition) is 0. The highest BCUT2D eigenvalue weighted by Gasteiger charge is 2.30. The summed E-state index contributed by atoms with van der Waals surface area (Å²) in [5, 5.41) is 0. The van der Waals surface area contributed by atoms with Crippen LogP contribution < -0.4 is 0 Å². The Hall–Kier alpha value is -0.0400. The molecule has 1 heteroatoms. The minimum absolute atomic E-state index is 0.380. The number of hydrogen-bond acceptors (Lipinski definition) is 1. The van der Waals surface area contributed by atoms with Crippen molar-refractivity contribution in [2.45, 2.75) is 64.8 Å². The maximum Gasteiger partial charge on any atom is 0.0125 e. The highest BCUT2D eigenvalue weighted by atomic mass is 15.2. The second-order valence-corrected chi connectivity index (χ2v) is 6.67. The van der Waals surface area contributed by atoms with Gasteiger partial charge in [0.15, 0.2) is 0 Å². The van der Waals surface area contributed by atoms with Gasteiger partial charge in [-0.25, -0.2) is 0 Å². The van der Waals surface area contributed by atoms with E-state index in [-0.39, 0.29) is 0 Å². The van der Waals surface area contributed by atoms with Crippen molar-refractivity contribution >= 4 is 0 Å². The van der Waals surface area contributed by atoms with Gasteiger partial charge < -0.3 is 0 Å². The van der Waals surface area contributed by atoms with E-state index >= 15 is 0 Å². The lowest BCUT2D eigenvalue weighted by Crippen LogP contribution is -2.48. The standard InChI is InChI=1S/C14H27N/c1-14(2,3)15-10-12-6-4-7-13(11-15)9-5-8-12/h12-13H,4-11H2,1-3H3. The molecule has 2 aliphatic heterocycles. The van der Waals surface area contributed by atoms with Crippen LogP contribution in [0.15, 0.2) is 0 Å². The predicted molar refractivity (Wildman–Crippen MR) is 66.0 cm³/mol. The summed E-state index contributed by atoms with van der Waals surface area (Å²) in [6.07, 6.45) is 8.94. The summed E-state index contributed by atoms with van der Waals surface area (Å²) in [4.78, 5) is 2.75. The molecule has 0 unspecified atom stereocenters. The Morgan fingerprint density at radius 1 is 0.800 bits per heavy atom. The van der Waals surface area contributed by atoms with E-state index < -0.39 is 0 Å². The van der Waals surface area contributed by atoms with Gasteiger partial charge in [-0.1, -0.05) is 12.8 Å². The zero-order valence-electron chi connectivity index (χ0n) is 10.8. The first kappa shape index (κ1) is 11.4. The highest BCUT2D eigenvalue weighted by Crippen LogP contribution is 2.33. The quantitative estimate of drug-likeness (QED) is 0.588. The van der Waals surface area contributed by atoms with Crippen LogP contribution in [0.25, 0.3) is 0 Å². The van der Waals surface area contributed by atoms with E-state index in [1.165, 1.54) is 51.6 Å². The van der Waals surface area contributed by atoms with E-state index in [1.807, 2.05) is 0 Å². The summed E-state index contributed by atoms with van der Waals surface area (Å²) >= 11 is 0. The first-order chi connectivity index (χ1) is 7.05. The average molecular weight is 209 g/mol. The van der Waals surface area contributed by atoms with Gasteiger partial charge in [-0.3, -0.25) is 4.90 Å². The molecule has 0 aromatic heterocycles. The summed E-state index contributed by atoms with van der Waals surface area (Å²) in [6, 6.07) is 0. The molecular weight excluding hydrogens is 182 g/mol. The summed E-state index contributed by atoms with van der Waals surface area (Å²) in [5.41, 5.74) is 0.380. The van der Waals surface area contributed by atoms with Crippen LogP contribution in [0.3, 0.4) is 0 Å². The van der Waals surface area contributed by atoms with Crippen LogP contribution in [0.1, 0.15) is 59.3 Å². The van der Waals surface area contributed by atoms with Gasteiger partial charge in [-0.2, -0.15) is 0 Å². The first-order valence-corrected chi connectivity index (χ1v) is 6.81. The van der Waals surface area contributed by atoms with Gasteiger partial charge in [0.2, 0.25) is 0 Å². The molecule has 3 rings (SSSR count). The van der Waals surface area contributed by atoms with E-state index in [1.54, 1.807) is 0 Å². The van der Waals surface area contributed by atoms with Crippen LogP contribution in [0.2, 0.25) is 0 Å². The molecule has 0 aromatic rings. The molecule has 1 aliphatic carbocycles. The van der Waals surface area contributed by atoms with E-state index in [9.17, 15) is 0 Å². The van der Waals surface area contributed by atoms with Crippen LogP contribution in [-0.2, 0) is 0 Å². The molecule has 1 nitrogen and oxygen atoms in total. The summed E-state index contributed by atoms with van der Waals surface area (Å²) in [6.45, 7) is 9.86. The van der Waals surface area contributed by atoms with Crippen molar-refractivity contribution in [2.24, 2.45) is 11.8 Å². The smallest absolute Gasteiger partial charge is 0.0125 e. The van der Waals surface area contributed by atoms with Gasteiger partial charge in [0, 0.05) is 18.6 Å². The van der Waals surface area contributed by atoms with Gasteiger partial charge in [0.05, 0.1) is 0 Å². The van der Waals surface area contributed by atoms with Gasteiger partial charge >= 0.3 is 0 Å². The summed E-state index contributed by atoms with van der Waals surface area (Å²) in [5.74, 6) is 1.98. The molecule has 3 fully saturated rings. The lowest BCUT2D eigenvalue weighted by Gasteiger charge is -2.43. The van der Waals surface area contributed by atoms with Crippen molar-refractivity contribution in [1.82, 2.24) is 4.90 Å². The van der Waals surface area contributed by atoms with Crippen LogP contribution >= 0.6 is 0 Å². The minimum Gasteiger partial charge on any atom is -0.298 e. The van der Waals surface area contributed by atoms with Crippen molar-refractivity contribution in [3.63, 3.8) is 0 Å². The third-order valence-corrected chi connectivity index (χ3v) is 4.36. The Morgan fingerprint density at radius 2 is 1.20 bits per heavy atom. The zero-order chi connectivity index (χ0) is 10.9. The summed E-state index contributed by atoms with van der Waals surface area (Å²) < 4.78 is 0. The third kappa shape index (κ3) is 2.96. The summed E-state index contributed by atoms with van der Waals surface area (Å²) in [7, 11) is 0. The van der Waals surface area contributed by atoms with Crippen LogP contribution in [0.5, 0.6) is 0 Å². The number of nitrogens with zero attached hydrogens (tertiary/aromatic N) is 1. The Balaban J connectivity index is 2.08. The molecule has 0 spiro atoms. The van der Waals surface area contributed by atoms with E-state index in [0.717, 1.165) is 11.8 Å². The largest absolute Gasteiger partial charge is 0.298 e. The molecule has 3 aliphatic rings. The molecule has 0 radical (unpaired) electrons. The van der Waals surface area contributed by atoms with E-state index in [4.69, 9.17) is 0 Å². The average Bonchev–Trinajstić information content (AvgIpc) is 1.95. The van der Waals surface area contributed by atoms with Crippen molar-refractivity contribution in [1.29, 1.82) is 0 Å². The van der Waals surface area contributed by atoms with E-state index in [0.29, 0.717) is 5.54 Å². The molecule has 0 atom stereocenters. The molecule has 0 N–H and O–H groups in total. The molecule has 0 aromatic carbocycles. The Labute approximate surface area is 95.2 Å².